The van der Waals surface area contributed by atoms with Gasteiger partial charge in [-0.2, -0.15) is 4.91 Å². The lowest BCUT2D eigenvalue weighted by Crippen LogP contribution is -2.16. The van der Waals surface area contributed by atoms with E-state index >= 15 is 0 Å². The number of aliphatic carboxylic acids is 1. The van der Waals surface area contributed by atoms with Crippen molar-refractivity contribution >= 4 is 27.9 Å². The molecule has 5 heteroatoms. The topological polar surface area (TPSA) is 79.9 Å². The molecule has 0 spiro atoms. The first-order valence-electron chi connectivity index (χ1n) is 10.1. The number of carboxylic acids is 1. The molecule has 0 radical (unpaired) electrons. The summed E-state index contributed by atoms with van der Waals surface area (Å²) in [4.78, 5) is 23.3. The summed E-state index contributed by atoms with van der Waals surface area (Å²) in [7, 11) is 0. The highest BCUT2D eigenvalue weighted by atomic mass is 16.4. The van der Waals surface area contributed by atoms with E-state index in [1.54, 1.807) is 0 Å². The van der Waals surface area contributed by atoms with Crippen LogP contribution in [0.15, 0.2) is 82.4 Å². The van der Waals surface area contributed by atoms with Crippen LogP contribution >= 0.6 is 0 Å². The van der Waals surface area contributed by atoms with Gasteiger partial charge in [0.25, 0.3) is 0 Å². The molecule has 2 atom stereocenters. The third kappa shape index (κ3) is 4.25. The molecule has 4 aromatic rings. The summed E-state index contributed by atoms with van der Waals surface area (Å²) >= 11 is 0. The van der Waals surface area contributed by atoms with E-state index in [2.05, 4.69) is 17.3 Å². The van der Waals surface area contributed by atoms with E-state index in [1.165, 1.54) is 5.56 Å². The number of nitroso groups, excluding NO2 is 1. The van der Waals surface area contributed by atoms with Crippen molar-refractivity contribution in [3.63, 3.8) is 0 Å². The molecular weight excluding hydrogens is 378 g/mol. The molecule has 4 rings (SSSR count). The number of nitrogens with zero attached hydrogens (tertiary/aromatic N) is 1. The van der Waals surface area contributed by atoms with E-state index in [0.717, 1.165) is 40.3 Å². The minimum atomic E-state index is -0.914. The Labute approximate surface area is 174 Å². The lowest BCUT2D eigenvalue weighted by atomic mass is 9.86. The monoisotopic (exact) mass is 401 g/mol. The average molecular weight is 401 g/mol. The second-order valence-corrected chi connectivity index (χ2v) is 7.64. The quantitative estimate of drug-likeness (QED) is 0.324. The Morgan fingerprint density at radius 2 is 1.67 bits per heavy atom. The van der Waals surface area contributed by atoms with Crippen molar-refractivity contribution in [3.05, 3.63) is 88.8 Å². The predicted molar refractivity (Wildman–Crippen MR) is 117 cm³/mol. The van der Waals surface area contributed by atoms with Gasteiger partial charge in [0.1, 0.15) is 17.2 Å². The van der Waals surface area contributed by atoms with E-state index < -0.39 is 12.0 Å². The van der Waals surface area contributed by atoms with Crippen LogP contribution in [0.3, 0.4) is 0 Å². The number of aryl methyl sites for hydroxylation is 1. The van der Waals surface area contributed by atoms with Crippen LogP contribution in [0.4, 0.5) is 0 Å². The highest BCUT2D eigenvalue weighted by Gasteiger charge is 2.27. The lowest BCUT2D eigenvalue weighted by molar-refractivity contribution is -0.138. The van der Waals surface area contributed by atoms with Crippen molar-refractivity contribution in [3.8, 4) is 0 Å². The van der Waals surface area contributed by atoms with E-state index in [0.29, 0.717) is 6.42 Å². The molecule has 5 nitrogen and oxygen atoms in total. The van der Waals surface area contributed by atoms with Crippen LogP contribution in [-0.4, -0.2) is 11.1 Å². The van der Waals surface area contributed by atoms with Crippen molar-refractivity contribution in [1.29, 1.82) is 0 Å². The van der Waals surface area contributed by atoms with Gasteiger partial charge in [-0.25, -0.2) is 0 Å². The summed E-state index contributed by atoms with van der Waals surface area (Å²) in [6.45, 7) is 0. The fourth-order valence-electron chi connectivity index (χ4n) is 4.16. The largest absolute Gasteiger partial charge is 0.481 e. The van der Waals surface area contributed by atoms with Crippen LogP contribution in [0.1, 0.15) is 36.4 Å². The molecule has 0 aliphatic heterocycles. The van der Waals surface area contributed by atoms with Crippen molar-refractivity contribution < 1.29 is 14.3 Å². The maximum atomic E-state index is 11.8. The number of carbonyl (C=O) groups is 1. The second-order valence-electron chi connectivity index (χ2n) is 7.64. The molecule has 0 saturated carbocycles. The SMILES string of the molecule is O=NC(c1ccc2oc3ccccc3c2c1)C(CCCc1ccccc1)CC(=O)O. The number of hydrogen-bond donors (Lipinski definition) is 1. The minimum Gasteiger partial charge on any atom is -0.481 e. The normalized spacial score (nSPS) is 13.3. The number of carboxylic acid groups (broad SMARTS) is 1. The predicted octanol–water partition coefficient (Wildman–Crippen LogP) is 6.51. The molecule has 2 unspecified atom stereocenters. The molecular formula is C25H23NO4. The molecule has 1 heterocycles. The van der Waals surface area contributed by atoms with Gasteiger partial charge in [-0.3, -0.25) is 4.79 Å². The fourth-order valence-corrected chi connectivity index (χ4v) is 4.16. The first-order valence-corrected chi connectivity index (χ1v) is 10.1. The molecule has 0 fully saturated rings. The summed E-state index contributed by atoms with van der Waals surface area (Å²) in [6.07, 6.45) is 2.16. The molecule has 1 aromatic heterocycles. The van der Waals surface area contributed by atoms with Crippen LogP contribution in [0.25, 0.3) is 21.9 Å². The molecule has 0 amide bonds. The third-order valence-electron chi connectivity index (χ3n) is 5.62. The van der Waals surface area contributed by atoms with Gasteiger partial charge in [0.05, 0.1) is 6.42 Å². The summed E-state index contributed by atoms with van der Waals surface area (Å²) in [5, 5.41) is 14.7. The zero-order chi connectivity index (χ0) is 20.9. The van der Waals surface area contributed by atoms with Gasteiger partial charge in [-0.1, -0.05) is 59.8 Å². The number of fused-ring (bicyclic) bond motifs is 3. The van der Waals surface area contributed by atoms with Crippen LogP contribution in [-0.2, 0) is 11.2 Å². The van der Waals surface area contributed by atoms with Gasteiger partial charge < -0.3 is 9.52 Å². The first-order chi connectivity index (χ1) is 14.7. The van der Waals surface area contributed by atoms with Crippen LogP contribution in [0, 0.1) is 10.8 Å². The van der Waals surface area contributed by atoms with E-state index in [1.807, 2.05) is 60.7 Å². The molecule has 152 valence electrons. The van der Waals surface area contributed by atoms with Crippen molar-refractivity contribution in [1.82, 2.24) is 0 Å². The number of para-hydroxylation sites is 1. The molecule has 30 heavy (non-hydrogen) atoms. The Balaban J connectivity index is 1.60. The minimum absolute atomic E-state index is 0.0879. The van der Waals surface area contributed by atoms with E-state index in [9.17, 15) is 14.8 Å². The third-order valence-corrected chi connectivity index (χ3v) is 5.62. The van der Waals surface area contributed by atoms with Crippen molar-refractivity contribution in [2.24, 2.45) is 11.1 Å². The van der Waals surface area contributed by atoms with Gasteiger partial charge >= 0.3 is 5.97 Å². The van der Waals surface area contributed by atoms with Gasteiger partial charge in [-0.15, -0.1) is 0 Å². The molecule has 1 N–H and O–H groups in total. The summed E-state index contributed by atoms with van der Waals surface area (Å²) in [5.74, 6) is -1.28. The lowest BCUT2D eigenvalue weighted by Gasteiger charge is -2.21. The number of rotatable bonds is 9. The average Bonchev–Trinajstić information content (AvgIpc) is 3.13. The Morgan fingerprint density at radius 1 is 0.933 bits per heavy atom. The highest BCUT2D eigenvalue weighted by molar-refractivity contribution is 6.05. The van der Waals surface area contributed by atoms with Crippen LogP contribution in [0.2, 0.25) is 0 Å². The molecule has 0 bridgehead atoms. The maximum Gasteiger partial charge on any atom is 0.303 e. The molecule has 0 saturated heterocycles. The Bertz CT molecular complexity index is 1170. The summed E-state index contributed by atoms with van der Waals surface area (Å²) < 4.78 is 5.86. The second kappa shape index (κ2) is 8.91. The van der Waals surface area contributed by atoms with E-state index in [-0.39, 0.29) is 12.3 Å². The Morgan fingerprint density at radius 3 is 2.43 bits per heavy atom. The molecule has 3 aromatic carbocycles. The molecule has 0 aliphatic carbocycles. The summed E-state index contributed by atoms with van der Waals surface area (Å²) in [6, 6.07) is 22.7. The van der Waals surface area contributed by atoms with Gasteiger partial charge in [-0.05, 0) is 54.5 Å². The first kappa shape index (κ1) is 19.8. The van der Waals surface area contributed by atoms with Gasteiger partial charge in [0.15, 0.2) is 0 Å². The Hall–Kier alpha value is -3.47. The van der Waals surface area contributed by atoms with E-state index in [4.69, 9.17) is 4.42 Å². The van der Waals surface area contributed by atoms with Gasteiger partial charge in [0, 0.05) is 10.8 Å². The zero-order valence-corrected chi connectivity index (χ0v) is 16.5. The van der Waals surface area contributed by atoms with Gasteiger partial charge in [0.2, 0.25) is 0 Å². The Kier molecular flexibility index (Phi) is 5.89. The van der Waals surface area contributed by atoms with Crippen molar-refractivity contribution in [2.75, 3.05) is 0 Å². The smallest absolute Gasteiger partial charge is 0.303 e. The fraction of sp³-hybridized carbons (Fsp3) is 0.240. The maximum absolute atomic E-state index is 11.8. The van der Waals surface area contributed by atoms with Crippen molar-refractivity contribution in [2.45, 2.75) is 31.7 Å². The van der Waals surface area contributed by atoms with Crippen LogP contribution < -0.4 is 0 Å². The molecule has 0 aliphatic rings. The number of furan rings is 1. The standard InChI is InChI=1S/C25H23NO4/c27-24(28)16-18(10-6-9-17-7-2-1-3-8-17)25(26-29)19-13-14-23-21(15-19)20-11-4-5-12-22(20)30-23/h1-5,7-8,11-15,18,25H,6,9-10,16H2,(H,27,28). The number of benzene rings is 3. The van der Waals surface area contributed by atoms with Crippen LogP contribution in [0.5, 0.6) is 0 Å². The zero-order valence-electron chi connectivity index (χ0n) is 16.5. The highest BCUT2D eigenvalue weighted by Crippen LogP contribution is 2.36. The number of hydrogen-bond acceptors (Lipinski definition) is 4. The summed E-state index contributed by atoms with van der Waals surface area (Å²) in [5.41, 5.74) is 3.46.